The summed E-state index contributed by atoms with van der Waals surface area (Å²) in [5.41, 5.74) is 19.1. The molecule has 0 aliphatic heterocycles. The molecule has 0 bridgehead atoms. The highest BCUT2D eigenvalue weighted by atomic mass is 16.3. The normalized spacial score (nSPS) is 12.5. The van der Waals surface area contributed by atoms with Crippen molar-refractivity contribution in [3.8, 4) is 33.4 Å². The molecule has 1 aliphatic carbocycles. The van der Waals surface area contributed by atoms with Crippen molar-refractivity contribution in [2.24, 2.45) is 0 Å². The van der Waals surface area contributed by atoms with Crippen LogP contribution in [0.2, 0.25) is 0 Å². The lowest BCUT2D eigenvalue weighted by Gasteiger charge is -2.35. The molecule has 0 unspecified atom stereocenters. The van der Waals surface area contributed by atoms with E-state index in [0.717, 1.165) is 78.0 Å². The second-order valence-corrected chi connectivity index (χ2v) is 22.7. The molecule has 1 aliphatic rings. The van der Waals surface area contributed by atoms with Crippen molar-refractivity contribution < 1.29 is 4.42 Å². The number of hydrogen-bond acceptors (Lipinski definition) is 3. The molecule has 16 aromatic rings. The summed E-state index contributed by atoms with van der Waals surface area (Å²) in [6.45, 7) is 0. The van der Waals surface area contributed by atoms with E-state index in [9.17, 15) is 0 Å². The van der Waals surface area contributed by atoms with Crippen molar-refractivity contribution in [3.05, 3.63) is 350 Å². The zero-order valence-electron chi connectivity index (χ0n) is 47.0. The Bertz CT molecular complexity index is 5250. The van der Waals surface area contributed by atoms with E-state index < -0.39 is 5.41 Å². The fourth-order valence-corrected chi connectivity index (χ4v) is 14.3. The topological polar surface area (TPSA) is 19.6 Å². The lowest BCUT2D eigenvalue weighted by atomic mass is 9.66. The highest BCUT2D eigenvalue weighted by Gasteiger charge is 2.50. The van der Waals surface area contributed by atoms with Gasteiger partial charge in [-0.25, -0.2) is 0 Å². The highest BCUT2D eigenvalue weighted by molar-refractivity contribution is 6.21. The molecule has 1 aromatic heterocycles. The first kappa shape index (κ1) is 49.4. The van der Waals surface area contributed by atoms with Gasteiger partial charge in [-0.05, 0) is 173 Å². The lowest BCUT2D eigenvalue weighted by Crippen LogP contribution is -2.29. The summed E-state index contributed by atoms with van der Waals surface area (Å²) in [7, 11) is 0. The van der Waals surface area contributed by atoms with Crippen LogP contribution in [0.15, 0.2) is 332 Å². The van der Waals surface area contributed by atoms with Gasteiger partial charge in [-0.3, -0.25) is 0 Å². The maximum absolute atomic E-state index is 7.67. The summed E-state index contributed by atoms with van der Waals surface area (Å²) < 4.78 is 7.67. The van der Waals surface area contributed by atoms with Crippen LogP contribution in [0.4, 0.5) is 34.1 Å². The maximum Gasteiger partial charge on any atom is 0.143 e. The van der Waals surface area contributed by atoms with E-state index in [1.54, 1.807) is 0 Å². The maximum atomic E-state index is 7.67. The van der Waals surface area contributed by atoms with Crippen molar-refractivity contribution in [1.82, 2.24) is 0 Å². The number of para-hydroxylation sites is 2. The molecular formula is C83H54N2O. The lowest BCUT2D eigenvalue weighted by molar-refractivity contribution is 0.671. The molecule has 0 atom stereocenters. The number of fused-ring (bicyclic) bond motifs is 12. The average Bonchev–Trinajstić information content (AvgIpc) is 1.55. The number of hydrogen-bond donors (Lipinski definition) is 0. The molecule has 402 valence electrons. The summed E-state index contributed by atoms with van der Waals surface area (Å²) in [6.07, 6.45) is 0. The molecule has 0 saturated heterocycles. The van der Waals surface area contributed by atoms with Gasteiger partial charge in [0.05, 0.1) is 11.1 Å². The van der Waals surface area contributed by atoms with Crippen LogP contribution in [0.25, 0.3) is 98.4 Å². The van der Waals surface area contributed by atoms with Crippen molar-refractivity contribution in [2.75, 3.05) is 9.80 Å². The van der Waals surface area contributed by atoms with Gasteiger partial charge in [-0.1, -0.05) is 237 Å². The predicted molar refractivity (Wildman–Crippen MR) is 361 cm³/mol. The van der Waals surface area contributed by atoms with Crippen LogP contribution in [-0.2, 0) is 5.41 Å². The van der Waals surface area contributed by atoms with E-state index >= 15 is 0 Å². The Labute approximate surface area is 499 Å². The molecule has 0 spiro atoms. The van der Waals surface area contributed by atoms with E-state index in [1.165, 1.54) is 76.8 Å². The minimum atomic E-state index is -0.787. The molecule has 0 amide bonds. The van der Waals surface area contributed by atoms with Gasteiger partial charge >= 0.3 is 0 Å². The predicted octanol–water partition coefficient (Wildman–Crippen LogP) is 22.8. The van der Waals surface area contributed by atoms with Gasteiger partial charge in [0.2, 0.25) is 0 Å². The number of anilines is 6. The van der Waals surface area contributed by atoms with Crippen molar-refractivity contribution >= 4 is 99.2 Å². The highest BCUT2D eigenvalue weighted by Crippen LogP contribution is 2.63. The summed E-state index contributed by atoms with van der Waals surface area (Å²) in [4.78, 5) is 4.85. The van der Waals surface area contributed by atoms with E-state index in [4.69, 9.17) is 4.42 Å². The van der Waals surface area contributed by atoms with Crippen molar-refractivity contribution in [2.45, 2.75) is 5.41 Å². The average molecular weight is 1100 g/mol. The van der Waals surface area contributed by atoms with Crippen LogP contribution in [-0.4, -0.2) is 0 Å². The van der Waals surface area contributed by atoms with Gasteiger partial charge in [0, 0.05) is 56.2 Å². The first-order valence-corrected chi connectivity index (χ1v) is 29.6. The Balaban J connectivity index is 0.948. The SMILES string of the molecule is c1ccc(N(c2cccc(-c3cccc4ccccc34)c2)c2ccc3c(ccc4c3oc3cc(N(c5ccccc5)c5cccc(-c6cccc7ccccc67)c5)c5c(c34)C(c3ccccc3)(c3ccccc3)c3cc4ccccc4cc3-5)c2)cc1. The summed E-state index contributed by atoms with van der Waals surface area (Å²) >= 11 is 0. The number of benzene rings is 15. The van der Waals surface area contributed by atoms with Crippen LogP contribution >= 0.6 is 0 Å². The second kappa shape index (κ2) is 20.0. The first-order chi connectivity index (χ1) is 42.7. The van der Waals surface area contributed by atoms with E-state index in [1.807, 2.05) is 0 Å². The minimum Gasteiger partial charge on any atom is -0.455 e. The number of nitrogens with zero attached hydrogens (tertiary/aromatic N) is 2. The molecule has 17 rings (SSSR count). The molecule has 3 nitrogen and oxygen atoms in total. The molecule has 3 heteroatoms. The fraction of sp³-hybridized carbons (Fsp3) is 0.0120. The minimum absolute atomic E-state index is 0.787. The van der Waals surface area contributed by atoms with Crippen molar-refractivity contribution in [3.63, 3.8) is 0 Å². The standard InChI is InChI=1S/C83H54N2O/c1-5-31-62(32-6-1)83(63-33-7-2-8-34-63)76-53-58-26-14-13-25-57(58)52-75(76)79-77(85(65-37-11-4-12-38-65)67-40-20-30-60(50-67)72-44-22-28-56-24-16-18-42-70(56)72)54-78-80(81(79)83)74-47-45-61-51-68(46-48-73(61)82(74)86-78)84(64-35-9-3-10-36-64)66-39-19-29-59(49-66)71-43-21-27-55-23-15-17-41-69(55)71/h1-54H. The van der Waals surface area contributed by atoms with Gasteiger partial charge in [0.25, 0.3) is 0 Å². The number of furan rings is 1. The van der Waals surface area contributed by atoms with Crippen LogP contribution in [0.3, 0.4) is 0 Å². The number of rotatable bonds is 10. The van der Waals surface area contributed by atoms with Crippen molar-refractivity contribution in [1.29, 1.82) is 0 Å². The summed E-state index contributed by atoms with van der Waals surface area (Å²) in [5, 5.41) is 11.6. The Kier molecular flexibility index (Phi) is 11.5. The van der Waals surface area contributed by atoms with Crippen LogP contribution < -0.4 is 9.80 Å². The third-order valence-electron chi connectivity index (χ3n) is 18.0. The quantitative estimate of drug-likeness (QED) is 0.136. The third-order valence-corrected chi connectivity index (χ3v) is 18.0. The smallest absolute Gasteiger partial charge is 0.143 e. The molecule has 0 radical (unpaired) electrons. The Morgan fingerprint density at radius 2 is 0.744 bits per heavy atom. The first-order valence-electron chi connectivity index (χ1n) is 29.6. The molecular weight excluding hydrogens is 1040 g/mol. The molecule has 0 saturated carbocycles. The molecule has 0 N–H and O–H groups in total. The Morgan fingerprint density at radius 3 is 1.35 bits per heavy atom. The van der Waals surface area contributed by atoms with Gasteiger partial charge in [-0.15, -0.1) is 0 Å². The van der Waals surface area contributed by atoms with Gasteiger partial charge in [0.1, 0.15) is 11.2 Å². The Hall–Kier alpha value is -11.3. The zero-order chi connectivity index (χ0) is 56.7. The van der Waals surface area contributed by atoms with E-state index in [0.29, 0.717) is 0 Å². The van der Waals surface area contributed by atoms with E-state index in [-0.39, 0.29) is 0 Å². The van der Waals surface area contributed by atoms with Gasteiger partial charge in [-0.2, -0.15) is 0 Å². The van der Waals surface area contributed by atoms with Gasteiger partial charge in [0.15, 0.2) is 0 Å². The molecule has 1 heterocycles. The third kappa shape index (κ3) is 7.75. The van der Waals surface area contributed by atoms with Crippen LogP contribution in [0.1, 0.15) is 22.3 Å². The monoisotopic (exact) mass is 1090 g/mol. The van der Waals surface area contributed by atoms with Crippen LogP contribution in [0.5, 0.6) is 0 Å². The summed E-state index contributed by atoms with van der Waals surface area (Å²) in [6, 6.07) is 120. The van der Waals surface area contributed by atoms with Gasteiger partial charge < -0.3 is 14.2 Å². The molecule has 0 fully saturated rings. The molecule has 15 aromatic carbocycles. The van der Waals surface area contributed by atoms with Crippen LogP contribution in [0, 0.1) is 0 Å². The summed E-state index contributed by atoms with van der Waals surface area (Å²) in [5.74, 6) is 0. The largest absolute Gasteiger partial charge is 0.455 e. The Morgan fingerprint density at radius 1 is 0.279 bits per heavy atom. The van der Waals surface area contributed by atoms with E-state index in [2.05, 4.69) is 337 Å². The fourth-order valence-electron chi connectivity index (χ4n) is 14.3. The molecule has 86 heavy (non-hydrogen) atoms. The zero-order valence-corrected chi connectivity index (χ0v) is 47.0. The second-order valence-electron chi connectivity index (χ2n) is 22.7.